The minimum absolute atomic E-state index is 0. The maximum atomic E-state index is 12.0. The summed E-state index contributed by atoms with van der Waals surface area (Å²) in [6.07, 6.45) is 3.35. The predicted octanol–water partition coefficient (Wildman–Crippen LogP) is -3.17. The molecule has 4 atom stereocenters. The van der Waals surface area contributed by atoms with E-state index in [1.165, 1.54) is 0 Å². The van der Waals surface area contributed by atoms with Crippen LogP contribution in [0, 0.1) is 0 Å². The van der Waals surface area contributed by atoms with Gasteiger partial charge in [-0.05, 0) is 34.1 Å². The van der Waals surface area contributed by atoms with Gasteiger partial charge in [-0.3, -0.25) is 10.0 Å². The second kappa shape index (κ2) is 17.9. The topological polar surface area (TPSA) is 102 Å². The molecule has 0 aliphatic carbocycles. The number of carbonyl (C=O) groups is 2. The number of carbonyl (C=O) groups excluding carboxylic acids is 2. The Morgan fingerprint density at radius 2 is 1.62 bits per heavy atom. The molecule has 0 spiro atoms. The summed E-state index contributed by atoms with van der Waals surface area (Å²) in [7, 11) is 0. The van der Waals surface area contributed by atoms with Crippen molar-refractivity contribution in [3.8, 4) is 0 Å². The molecule has 0 rings (SSSR count). The van der Waals surface area contributed by atoms with Crippen molar-refractivity contribution in [1.82, 2.24) is 5.06 Å². The maximum absolute atomic E-state index is 12.0. The molecular weight excluding hydrogens is 358 g/mol. The van der Waals surface area contributed by atoms with Crippen LogP contribution >= 0.6 is 0 Å². The number of hydroxylamine groups is 2. The van der Waals surface area contributed by atoms with E-state index in [0.717, 1.165) is 32.1 Å². The Balaban J connectivity index is -0.000000441. The average Bonchev–Trinajstić information content (AvgIpc) is 2.52. The van der Waals surface area contributed by atoms with Crippen LogP contribution in [0.25, 0.3) is 0 Å². The van der Waals surface area contributed by atoms with Crippen LogP contribution in [0.5, 0.6) is 0 Å². The molecule has 0 saturated carbocycles. The van der Waals surface area contributed by atoms with Gasteiger partial charge in [0.2, 0.25) is 5.91 Å². The quantitative estimate of drug-likeness (QED) is 0.0904. The Hall–Kier alpha value is 0.820. The average molecular weight is 394 g/mol. The molecule has 0 fully saturated rings. The number of amides is 1. The zero-order valence-corrected chi connectivity index (χ0v) is 21.7. The summed E-state index contributed by atoms with van der Waals surface area (Å²) in [5.41, 5.74) is 5.46. The maximum Gasteiger partial charge on any atom is 1.00 e. The third-order valence-electron chi connectivity index (χ3n) is 3.87. The van der Waals surface area contributed by atoms with Crippen molar-refractivity contribution in [3.63, 3.8) is 0 Å². The molecule has 1 amide bonds. The molecule has 0 aromatic heterocycles. The molecule has 9 heteroatoms. The van der Waals surface area contributed by atoms with Crippen molar-refractivity contribution < 1.29 is 86.2 Å². The Labute approximate surface area is 205 Å². The van der Waals surface area contributed by atoms with Gasteiger partial charge in [-0.15, -0.1) is 0 Å². The smallest absolute Gasteiger partial charge is 1.00 e. The number of rotatable bonds is 12. The molecule has 0 radical (unpaired) electrons. The van der Waals surface area contributed by atoms with Gasteiger partial charge in [-0.2, -0.15) is 0 Å². The minimum Gasteiger partial charge on any atom is -1.00 e. The second-order valence-corrected chi connectivity index (χ2v) is 6.27. The summed E-state index contributed by atoms with van der Waals surface area (Å²) >= 11 is 0. The summed E-state index contributed by atoms with van der Waals surface area (Å²) < 4.78 is 10.4. The van der Waals surface area contributed by atoms with Crippen molar-refractivity contribution in [3.05, 3.63) is 0 Å². The minimum atomic E-state index is -0.805. The predicted molar refractivity (Wildman–Crippen MR) is 93.4 cm³/mol. The van der Waals surface area contributed by atoms with Gasteiger partial charge in [-0.1, -0.05) is 32.6 Å². The first-order valence-electron chi connectivity index (χ1n) is 8.83. The number of unbranched alkanes of at least 4 members (excludes halogenated alkanes) is 4. The first-order valence-corrected chi connectivity index (χ1v) is 8.83. The molecule has 0 heterocycles. The van der Waals surface area contributed by atoms with E-state index in [9.17, 15) is 14.8 Å². The van der Waals surface area contributed by atoms with Crippen LogP contribution in [0.2, 0.25) is 0 Å². The fourth-order valence-electron chi connectivity index (χ4n) is 2.18. The van der Waals surface area contributed by atoms with E-state index in [4.69, 9.17) is 15.2 Å². The molecule has 26 heavy (non-hydrogen) atoms. The van der Waals surface area contributed by atoms with E-state index in [1.807, 2.05) is 0 Å². The zero-order chi connectivity index (χ0) is 18.7. The second-order valence-electron chi connectivity index (χ2n) is 6.27. The van der Waals surface area contributed by atoms with E-state index in [-0.39, 0.29) is 74.3 Å². The molecule has 7 nitrogen and oxygen atoms in total. The van der Waals surface area contributed by atoms with Crippen LogP contribution in [-0.4, -0.2) is 46.6 Å². The van der Waals surface area contributed by atoms with Gasteiger partial charge >= 0.3 is 65.1 Å². The Morgan fingerprint density at radius 1 is 1.08 bits per heavy atom. The van der Waals surface area contributed by atoms with Crippen LogP contribution < -0.4 is 64.8 Å². The molecule has 0 saturated heterocycles. The van der Waals surface area contributed by atoms with Crippen LogP contribution in [0.15, 0.2) is 0 Å². The Kier molecular flexibility index (Phi) is 21.7. The molecule has 0 aliphatic heterocycles. The van der Waals surface area contributed by atoms with Crippen molar-refractivity contribution >= 4 is 11.9 Å². The van der Waals surface area contributed by atoms with E-state index < -0.39 is 30.4 Å². The molecule has 0 bridgehead atoms. The van der Waals surface area contributed by atoms with Gasteiger partial charge in [0.25, 0.3) is 0 Å². The summed E-state index contributed by atoms with van der Waals surface area (Å²) in [5.74, 6) is -0.936. The van der Waals surface area contributed by atoms with Crippen LogP contribution in [0.4, 0.5) is 0 Å². The normalized spacial score (nSPS) is 14.9. The molecule has 4 unspecified atom stereocenters. The Morgan fingerprint density at radius 3 is 2.12 bits per heavy atom. The fourth-order valence-corrected chi connectivity index (χ4v) is 2.18. The third-order valence-corrected chi connectivity index (χ3v) is 3.87. The number of nitrogens with zero attached hydrogens (tertiary/aromatic N) is 1. The van der Waals surface area contributed by atoms with Gasteiger partial charge in [0.05, 0.1) is 6.04 Å². The first-order chi connectivity index (χ1) is 11.2. The summed E-state index contributed by atoms with van der Waals surface area (Å²) in [6.45, 7) is 8.54. The van der Waals surface area contributed by atoms with Gasteiger partial charge in [-0.25, -0.2) is 9.86 Å². The number of hydrogen-bond donors (Lipinski definition) is 2. The van der Waals surface area contributed by atoms with E-state index in [2.05, 4.69) is 6.92 Å². The number of esters is 1. The van der Waals surface area contributed by atoms with Crippen LogP contribution in [0.3, 0.4) is 0 Å². The third kappa shape index (κ3) is 13.9. The molecular formula is C17H36N2Na2O5. The number of hydrogen-bond acceptors (Lipinski definition) is 6. The van der Waals surface area contributed by atoms with E-state index >= 15 is 0 Å². The monoisotopic (exact) mass is 394 g/mol. The molecule has 3 N–H and O–H groups in total. The van der Waals surface area contributed by atoms with Crippen molar-refractivity contribution in [2.75, 3.05) is 0 Å². The van der Waals surface area contributed by atoms with Gasteiger partial charge in [0, 0.05) is 6.42 Å². The molecule has 146 valence electrons. The SMILES string of the molecule is CCCCCCCC(=O)N(O)C(C)C(C)OC(=O)C(C)OC(C)N.[H-].[H-].[Na+].[Na+]. The summed E-state index contributed by atoms with van der Waals surface area (Å²) in [4.78, 5) is 23.9. The van der Waals surface area contributed by atoms with Crippen molar-refractivity contribution in [1.29, 1.82) is 0 Å². The number of ether oxygens (including phenoxy) is 2. The van der Waals surface area contributed by atoms with Crippen molar-refractivity contribution in [2.45, 2.75) is 97.6 Å². The van der Waals surface area contributed by atoms with Crippen LogP contribution in [-0.2, 0) is 19.1 Å². The molecule has 0 aliphatic rings. The van der Waals surface area contributed by atoms with Gasteiger partial charge < -0.3 is 18.1 Å². The summed E-state index contributed by atoms with van der Waals surface area (Å²) in [5, 5.41) is 10.7. The Bertz CT molecular complexity index is 397. The first kappa shape index (κ1) is 31.5. The zero-order valence-electron chi connectivity index (χ0n) is 19.7. The largest absolute Gasteiger partial charge is 1.00 e. The molecule has 0 aromatic rings. The number of nitrogens with two attached hydrogens (primary N) is 1. The van der Waals surface area contributed by atoms with E-state index in [1.54, 1.807) is 27.7 Å². The summed E-state index contributed by atoms with van der Waals surface area (Å²) in [6, 6.07) is -0.639. The van der Waals surface area contributed by atoms with E-state index in [0.29, 0.717) is 5.06 Å². The van der Waals surface area contributed by atoms with Crippen molar-refractivity contribution in [2.24, 2.45) is 5.73 Å². The molecule has 0 aromatic carbocycles. The van der Waals surface area contributed by atoms with Crippen LogP contribution in [0.1, 0.15) is 76.0 Å². The van der Waals surface area contributed by atoms with Gasteiger partial charge in [0.15, 0.2) is 6.10 Å². The van der Waals surface area contributed by atoms with Gasteiger partial charge in [0.1, 0.15) is 12.3 Å². The fraction of sp³-hybridized carbons (Fsp3) is 0.882. The standard InChI is InChI=1S/C17H34N2O5.2Na.2H/c1-6-7-8-9-10-11-16(20)19(22)12(2)13(3)24-17(21)14(4)23-15(5)18;;;;/h12-15,22H,6-11,18H2,1-5H3;;;;/q;2*+1;2*-1.